The molecule has 1 aromatic heterocycles. The first-order valence-electron chi connectivity index (χ1n) is 2.48. The fourth-order valence-electron chi connectivity index (χ4n) is 0.329. The van der Waals surface area contributed by atoms with Crippen molar-refractivity contribution in [1.82, 2.24) is 4.98 Å². The van der Waals surface area contributed by atoms with E-state index in [-0.39, 0.29) is 9.74 Å². The van der Waals surface area contributed by atoms with Crippen LogP contribution >= 0.6 is 22.6 Å². The molecule has 1 aromatic rings. The molecule has 0 saturated heterocycles. The van der Waals surface area contributed by atoms with Gasteiger partial charge in [0, 0.05) is 6.20 Å². The molecule has 1 nitrogen and oxygen atoms in total. The van der Waals surface area contributed by atoms with Crippen LogP contribution in [0.25, 0.3) is 0 Å². The number of nitrogens with zero attached hydrogens (tertiary/aromatic N) is 1. The molecule has 0 fully saturated rings. The van der Waals surface area contributed by atoms with E-state index in [2.05, 4.69) is 4.98 Å². The smallest absolute Gasteiger partial charge is 0.155 e. The summed E-state index contributed by atoms with van der Waals surface area (Å²) in [6.07, 6.45) is 1.41. The van der Waals surface area contributed by atoms with Gasteiger partial charge in [-0.05, 0) is 34.7 Å². The van der Waals surface area contributed by atoms with Crippen molar-refractivity contribution in [1.29, 1.82) is 0 Å². The highest BCUT2D eigenvalue weighted by Gasteiger charge is 1.92. The van der Waals surface area contributed by atoms with Crippen molar-refractivity contribution in [2.75, 3.05) is 0 Å². The Hall–Kier alpha value is -0.190. The largest absolute Gasteiger partial charge is 0.247 e. The zero-order valence-corrected chi connectivity index (χ0v) is 6.02. The Morgan fingerprint density at radius 1 is 1.88 bits per heavy atom. The molecule has 0 saturated carbocycles. The zero-order chi connectivity index (χ0) is 6.85. The molecular weight excluding hydrogens is 220 g/mol. The molecular formula is C5H3FIN. The number of aromatic nitrogens is 1. The molecule has 0 atom stereocenters. The minimum atomic E-state index is -0.543. The average molecular weight is 224 g/mol. The van der Waals surface area contributed by atoms with Crippen LogP contribution in [0.1, 0.15) is 1.37 Å². The summed E-state index contributed by atoms with van der Waals surface area (Å²) < 4.78 is 19.7. The van der Waals surface area contributed by atoms with Gasteiger partial charge in [0.2, 0.25) is 0 Å². The first-order chi connectivity index (χ1) is 4.22. The molecule has 0 aliphatic rings. The van der Waals surface area contributed by atoms with Gasteiger partial charge < -0.3 is 0 Å². The summed E-state index contributed by atoms with van der Waals surface area (Å²) >= 11 is 1.74. The first-order valence-corrected chi connectivity index (χ1v) is 3.06. The highest BCUT2D eigenvalue weighted by Crippen LogP contribution is 2.03. The molecule has 1 heterocycles. The second-order valence-electron chi connectivity index (χ2n) is 1.19. The maximum absolute atomic E-state index is 12.5. The quantitative estimate of drug-likeness (QED) is 0.483. The molecule has 8 heavy (non-hydrogen) atoms. The minimum Gasteiger partial charge on any atom is -0.247 e. The third-order valence-corrected chi connectivity index (χ3v) is 1.41. The van der Waals surface area contributed by atoms with E-state index in [4.69, 9.17) is 1.37 Å². The zero-order valence-electron chi connectivity index (χ0n) is 4.86. The topological polar surface area (TPSA) is 12.9 Å². The van der Waals surface area contributed by atoms with E-state index in [9.17, 15) is 4.39 Å². The summed E-state index contributed by atoms with van der Waals surface area (Å²) in [6.45, 7) is 0. The Kier molecular flexibility index (Phi) is 1.39. The van der Waals surface area contributed by atoms with E-state index in [0.717, 1.165) is 0 Å². The fraction of sp³-hybridized carbons (Fsp3) is 0. The van der Waals surface area contributed by atoms with Crippen LogP contribution in [0, 0.1) is 9.52 Å². The van der Waals surface area contributed by atoms with Gasteiger partial charge in [0.05, 0.1) is 1.37 Å². The van der Waals surface area contributed by atoms with E-state index >= 15 is 0 Å². The molecule has 0 unspecified atom stereocenters. The van der Waals surface area contributed by atoms with Crippen LogP contribution in [-0.4, -0.2) is 4.98 Å². The molecule has 0 amide bonds. The number of rotatable bonds is 0. The molecule has 1 rings (SSSR count). The van der Waals surface area contributed by atoms with Crippen molar-refractivity contribution in [3.05, 3.63) is 27.8 Å². The summed E-state index contributed by atoms with van der Waals surface area (Å²) in [5.41, 5.74) is 0. The fourth-order valence-corrected chi connectivity index (χ4v) is 0.646. The summed E-state index contributed by atoms with van der Waals surface area (Å²) in [5.74, 6) is -0.543. The van der Waals surface area contributed by atoms with Gasteiger partial charge in [-0.2, -0.15) is 0 Å². The van der Waals surface area contributed by atoms with Crippen LogP contribution in [-0.2, 0) is 0 Å². The van der Waals surface area contributed by atoms with Gasteiger partial charge in [-0.1, -0.05) is 0 Å². The van der Waals surface area contributed by atoms with Crippen molar-refractivity contribution >= 4 is 22.6 Å². The Morgan fingerprint density at radius 3 is 3.12 bits per heavy atom. The monoisotopic (exact) mass is 224 g/mol. The predicted octanol–water partition coefficient (Wildman–Crippen LogP) is 1.83. The minimum absolute atomic E-state index is 0.102. The third kappa shape index (κ3) is 1.15. The second-order valence-corrected chi connectivity index (χ2v) is 2.22. The molecule has 0 aliphatic heterocycles. The van der Waals surface area contributed by atoms with Crippen molar-refractivity contribution in [3.63, 3.8) is 0 Å². The van der Waals surface area contributed by atoms with Gasteiger partial charge >= 0.3 is 0 Å². The standard InChI is InChI=1S/C5H3FIN/c6-4-2-1-3-8-5(4)7/h1-3H/i2D. The molecule has 0 N–H and O–H groups in total. The van der Waals surface area contributed by atoms with Crippen molar-refractivity contribution in [2.45, 2.75) is 0 Å². The SMILES string of the molecule is [2H]c1ccnc(I)c1F. The van der Waals surface area contributed by atoms with Gasteiger partial charge in [-0.15, -0.1) is 0 Å². The second kappa shape index (κ2) is 2.39. The number of hydrogen-bond acceptors (Lipinski definition) is 1. The summed E-state index contributed by atoms with van der Waals surface area (Å²) in [4.78, 5) is 3.63. The maximum Gasteiger partial charge on any atom is 0.155 e. The van der Waals surface area contributed by atoms with Crippen LogP contribution in [0.4, 0.5) is 4.39 Å². The number of hydrogen-bond donors (Lipinski definition) is 0. The molecule has 0 aromatic carbocycles. The number of pyridine rings is 1. The van der Waals surface area contributed by atoms with Crippen LogP contribution in [0.2, 0.25) is 0 Å². The first kappa shape index (κ1) is 4.67. The van der Waals surface area contributed by atoms with Gasteiger partial charge in [-0.25, -0.2) is 9.37 Å². The third-order valence-electron chi connectivity index (χ3n) is 0.654. The van der Waals surface area contributed by atoms with E-state index in [1.807, 2.05) is 0 Å². The Bertz CT molecular complexity index is 208. The molecule has 0 aliphatic carbocycles. The van der Waals surface area contributed by atoms with Crippen LogP contribution < -0.4 is 0 Å². The van der Waals surface area contributed by atoms with E-state index < -0.39 is 5.82 Å². The van der Waals surface area contributed by atoms with Crippen molar-refractivity contribution in [3.8, 4) is 0 Å². The molecule has 42 valence electrons. The number of halogens is 2. The highest BCUT2D eigenvalue weighted by atomic mass is 127. The lowest BCUT2D eigenvalue weighted by Crippen LogP contribution is -1.82. The van der Waals surface area contributed by atoms with Crippen LogP contribution in [0.3, 0.4) is 0 Å². The van der Waals surface area contributed by atoms with E-state index in [1.54, 1.807) is 22.6 Å². The van der Waals surface area contributed by atoms with E-state index in [0.29, 0.717) is 0 Å². The summed E-state index contributed by atoms with van der Waals surface area (Å²) in [6, 6.07) is 1.21. The molecule has 0 radical (unpaired) electrons. The van der Waals surface area contributed by atoms with Gasteiger partial charge in [0.1, 0.15) is 3.70 Å². The summed E-state index contributed by atoms with van der Waals surface area (Å²) in [7, 11) is 0. The lowest BCUT2D eigenvalue weighted by Gasteiger charge is -1.86. The Morgan fingerprint density at radius 2 is 2.62 bits per heavy atom. The highest BCUT2D eigenvalue weighted by molar-refractivity contribution is 14.1. The predicted molar refractivity (Wildman–Crippen MR) is 36.9 cm³/mol. The van der Waals surface area contributed by atoms with E-state index in [1.165, 1.54) is 12.3 Å². The lowest BCUT2D eigenvalue weighted by molar-refractivity contribution is 0.612. The van der Waals surface area contributed by atoms with Gasteiger partial charge in [0.25, 0.3) is 0 Å². The van der Waals surface area contributed by atoms with Crippen molar-refractivity contribution in [2.24, 2.45) is 0 Å². The Balaban J connectivity index is 3.25. The van der Waals surface area contributed by atoms with Crippen LogP contribution in [0.5, 0.6) is 0 Å². The summed E-state index contributed by atoms with van der Waals surface area (Å²) in [5, 5.41) is 0. The molecule has 0 spiro atoms. The van der Waals surface area contributed by atoms with Crippen LogP contribution in [0.15, 0.2) is 18.3 Å². The Labute approximate surface area is 61.5 Å². The normalized spacial score (nSPS) is 11.0. The average Bonchev–Trinajstić information content (AvgIpc) is 1.83. The molecule has 3 heteroatoms. The lowest BCUT2D eigenvalue weighted by atomic mass is 10.5. The maximum atomic E-state index is 12.5. The van der Waals surface area contributed by atoms with Gasteiger partial charge in [0.15, 0.2) is 5.82 Å². The van der Waals surface area contributed by atoms with Crippen molar-refractivity contribution < 1.29 is 5.76 Å². The molecule has 0 bridgehead atoms. The van der Waals surface area contributed by atoms with Gasteiger partial charge in [-0.3, -0.25) is 0 Å².